The maximum atomic E-state index is 11.6. The van der Waals surface area contributed by atoms with E-state index in [-0.39, 0.29) is 5.56 Å². The molecular formula is C14H12N2O4. The van der Waals surface area contributed by atoms with Crippen LogP contribution in [-0.2, 0) is 4.74 Å². The lowest BCUT2D eigenvalue weighted by Crippen LogP contribution is -2.07. The van der Waals surface area contributed by atoms with Crippen LogP contribution in [0.4, 0.5) is 11.5 Å². The van der Waals surface area contributed by atoms with E-state index in [2.05, 4.69) is 15.0 Å². The van der Waals surface area contributed by atoms with Gasteiger partial charge >= 0.3 is 11.9 Å². The zero-order chi connectivity index (χ0) is 14.5. The number of pyridine rings is 1. The number of benzene rings is 1. The molecule has 0 saturated carbocycles. The Labute approximate surface area is 115 Å². The summed E-state index contributed by atoms with van der Waals surface area (Å²) in [6.45, 7) is 0. The molecule has 2 aromatic rings. The number of carboxylic acid groups (broad SMARTS) is 1. The average Bonchev–Trinajstić information content (AvgIpc) is 2.47. The number of ether oxygens (including phenoxy) is 1. The zero-order valence-electron chi connectivity index (χ0n) is 10.7. The van der Waals surface area contributed by atoms with Crippen molar-refractivity contribution in [3.63, 3.8) is 0 Å². The average molecular weight is 272 g/mol. The lowest BCUT2D eigenvalue weighted by atomic mass is 10.2. The predicted molar refractivity (Wildman–Crippen MR) is 72.3 cm³/mol. The Hall–Kier alpha value is -2.89. The van der Waals surface area contributed by atoms with Gasteiger partial charge in [-0.2, -0.15) is 0 Å². The van der Waals surface area contributed by atoms with E-state index in [1.807, 2.05) is 0 Å². The van der Waals surface area contributed by atoms with Crippen LogP contribution in [0.3, 0.4) is 0 Å². The molecule has 2 N–H and O–H groups in total. The minimum Gasteiger partial charge on any atom is -0.478 e. The standard InChI is InChI=1S/C14H12N2O4/c1-20-14(19)11-3-2-8-15-12(11)16-10-6-4-9(5-7-10)13(17)18/h2-8H,1H3,(H,15,16)(H,17,18). The summed E-state index contributed by atoms with van der Waals surface area (Å²) in [7, 11) is 1.29. The number of methoxy groups -OCH3 is 1. The summed E-state index contributed by atoms with van der Waals surface area (Å²) >= 11 is 0. The van der Waals surface area contributed by atoms with Gasteiger partial charge in [-0.15, -0.1) is 0 Å². The van der Waals surface area contributed by atoms with Crippen molar-refractivity contribution < 1.29 is 19.4 Å². The van der Waals surface area contributed by atoms with Gasteiger partial charge in [-0.3, -0.25) is 0 Å². The first kappa shape index (κ1) is 13.5. The second-order valence-electron chi connectivity index (χ2n) is 3.90. The second-order valence-corrected chi connectivity index (χ2v) is 3.90. The van der Waals surface area contributed by atoms with Gasteiger partial charge in [0, 0.05) is 11.9 Å². The molecule has 0 radical (unpaired) electrons. The zero-order valence-corrected chi connectivity index (χ0v) is 10.7. The first-order valence-corrected chi connectivity index (χ1v) is 5.75. The molecule has 1 heterocycles. The molecule has 102 valence electrons. The molecular weight excluding hydrogens is 260 g/mol. The number of anilines is 2. The molecule has 6 heteroatoms. The van der Waals surface area contributed by atoms with Crippen LogP contribution in [0.2, 0.25) is 0 Å². The van der Waals surface area contributed by atoms with Gasteiger partial charge in [-0.05, 0) is 36.4 Å². The van der Waals surface area contributed by atoms with Gasteiger partial charge in [-0.25, -0.2) is 14.6 Å². The number of carbonyl (C=O) groups is 2. The van der Waals surface area contributed by atoms with Crippen molar-refractivity contribution in [1.82, 2.24) is 4.98 Å². The molecule has 6 nitrogen and oxygen atoms in total. The summed E-state index contributed by atoms with van der Waals surface area (Å²) in [5, 5.41) is 11.8. The molecule has 0 fully saturated rings. The molecule has 1 aromatic carbocycles. The van der Waals surface area contributed by atoms with E-state index in [1.165, 1.54) is 19.2 Å². The third-order valence-electron chi connectivity index (χ3n) is 2.61. The van der Waals surface area contributed by atoms with Gasteiger partial charge in [0.25, 0.3) is 0 Å². The fourth-order valence-electron chi connectivity index (χ4n) is 1.61. The van der Waals surface area contributed by atoms with E-state index in [0.717, 1.165) is 0 Å². The lowest BCUT2D eigenvalue weighted by Gasteiger charge is -2.09. The molecule has 0 aliphatic rings. The van der Waals surface area contributed by atoms with E-state index in [4.69, 9.17) is 5.11 Å². The topological polar surface area (TPSA) is 88.5 Å². The fraction of sp³-hybridized carbons (Fsp3) is 0.0714. The quantitative estimate of drug-likeness (QED) is 0.830. The van der Waals surface area contributed by atoms with Crippen molar-refractivity contribution >= 4 is 23.4 Å². The molecule has 0 amide bonds. The van der Waals surface area contributed by atoms with E-state index < -0.39 is 11.9 Å². The molecule has 0 spiro atoms. The smallest absolute Gasteiger partial charge is 0.341 e. The van der Waals surface area contributed by atoms with Crippen LogP contribution in [0, 0.1) is 0 Å². The number of carboxylic acids is 1. The Balaban J connectivity index is 2.26. The monoisotopic (exact) mass is 272 g/mol. The van der Waals surface area contributed by atoms with Crippen LogP contribution in [0.15, 0.2) is 42.6 Å². The van der Waals surface area contributed by atoms with Crippen LogP contribution in [0.5, 0.6) is 0 Å². The highest BCUT2D eigenvalue weighted by Crippen LogP contribution is 2.19. The van der Waals surface area contributed by atoms with Crippen molar-refractivity contribution in [3.8, 4) is 0 Å². The number of aromatic nitrogens is 1. The summed E-state index contributed by atoms with van der Waals surface area (Å²) in [5.74, 6) is -1.14. The normalized spacial score (nSPS) is 9.85. The number of hydrogen-bond donors (Lipinski definition) is 2. The SMILES string of the molecule is COC(=O)c1cccnc1Nc1ccc(C(=O)O)cc1. The van der Waals surface area contributed by atoms with Crippen molar-refractivity contribution in [1.29, 1.82) is 0 Å². The maximum Gasteiger partial charge on any atom is 0.341 e. The van der Waals surface area contributed by atoms with E-state index in [9.17, 15) is 9.59 Å². The van der Waals surface area contributed by atoms with Crippen molar-refractivity contribution in [3.05, 3.63) is 53.7 Å². The maximum absolute atomic E-state index is 11.6. The fourth-order valence-corrected chi connectivity index (χ4v) is 1.61. The van der Waals surface area contributed by atoms with Crippen LogP contribution in [0.25, 0.3) is 0 Å². The van der Waals surface area contributed by atoms with E-state index in [1.54, 1.807) is 30.5 Å². The van der Waals surface area contributed by atoms with Gasteiger partial charge in [0.2, 0.25) is 0 Å². The number of esters is 1. The van der Waals surface area contributed by atoms with Crippen molar-refractivity contribution in [2.75, 3.05) is 12.4 Å². The number of hydrogen-bond acceptors (Lipinski definition) is 5. The minimum absolute atomic E-state index is 0.185. The van der Waals surface area contributed by atoms with Crippen molar-refractivity contribution in [2.45, 2.75) is 0 Å². The van der Waals surface area contributed by atoms with Gasteiger partial charge in [0.15, 0.2) is 0 Å². The van der Waals surface area contributed by atoms with Gasteiger partial charge in [0.1, 0.15) is 11.4 Å². The summed E-state index contributed by atoms with van der Waals surface area (Å²) in [6, 6.07) is 9.34. The summed E-state index contributed by atoms with van der Waals surface area (Å²) < 4.78 is 4.67. The molecule has 0 bridgehead atoms. The summed E-state index contributed by atoms with van der Waals surface area (Å²) in [4.78, 5) is 26.4. The predicted octanol–water partition coefficient (Wildman–Crippen LogP) is 2.31. The Bertz CT molecular complexity index is 638. The summed E-state index contributed by atoms with van der Waals surface area (Å²) in [5.41, 5.74) is 1.11. The molecule has 2 rings (SSSR count). The first-order valence-electron chi connectivity index (χ1n) is 5.75. The van der Waals surface area contributed by atoms with Gasteiger partial charge in [-0.1, -0.05) is 0 Å². The van der Waals surface area contributed by atoms with E-state index >= 15 is 0 Å². The van der Waals surface area contributed by atoms with E-state index in [0.29, 0.717) is 17.1 Å². The van der Waals surface area contributed by atoms with Gasteiger partial charge in [0.05, 0.1) is 12.7 Å². The van der Waals surface area contributed by atoms with Crippen molar-refractivity contribution in [2.24, 2.45) is 0 Å². The largest absolute Gasteiger partial charge is 0.478 e. The number of carbonyl (C=O) groups excluding carboxylic acids is 1. The molecule has 0 unspecified atom stereocenters. The van der Waals surface area contributed by atoms with Gasteiger partial charge < -0.3 is 15.2 Å². The highest BCUT2D eigenvalue weighted by Gasteiger charge is 2.12. The molecule has 1 aromatic heterocycles. The molecule has 0 aliphatic carbocycles. The highest BCUT2D eigenvalue weighted by molar-refractivity contribution is 5.95. The Morgan fingerprint density at radius 2 is 1.90 bits per heavy atom. The second kappa shape index (κ2) is 5.83. The Kier molecular flexibility index (Phi) is 3.95. The Morgan fingerprint density at radius 3 is 2.50 bits per heavy atom. The molecule has 0 saturated heterocycles. The van der Waals surface area contributed by atoms with Crippen LogP contribution in [-0.4, -0.2) is 29.1 Å². The van der Waals surface area contributed by atoms with Crippen LogP contribution < -0.4 is 5.32 Å². The lowest BCUT2D eigenvalue weighted by molar-refractivity contribution is 0.0600. The summed E-state index contributed by atoms with van der Waals surface area (Å²) in [6.07, 6.45) is 1.54. The Morgan fingerprint density at radius 1 is 1.20 bits per heavy atom. The number of nitrogens with zero attached hydrogens (tertiary/aromatic N) is 1. The third kappa shape index (κ3) is 2.92. The highest BCUT2D eigenvalue weighted by atomic mass is 16.5. The van der Waals surface area contributed by atoms with Crippen LogP contribution in [0.1, 0.15) is 20.7 Å². The molecule has 20 heavy (non-hydrogen) atoms. The number of nitrogens with one attached hydrogen (secondary N) is 1. The first-order chi connectivity index (χ1) is 9.61. The minimum atomic E-state index is -0.996. The third-order valence-corrected chi connectivity index (χ3v) is 2.61. The number of aromatic carboxylic acids is 1. The molecule has 0 atom stereocenters. The number of rotatable bonds is 4. The molecule has 0 aliphatic heterocycles. The van der Waals surface area contributed by atoms with Crippen LogP contribution >= 0.6 is 0 Å².